The van der Waals surface area contributed by atoms with E-state index in [9.17, 15) is 0 Å². The van der Waals surface area contributed by atoms with Crippen LogP contribution in [0.4, 0.5) is 0 Å². The lowest BCUT2D eigenvalue weighted by Crippen LogP contribution is -2.23. The highest BCUT2D eigenvalue weighted by molar-refractivity contribution is 7.20. The molecule has 90 valence electrons. The van der Waals surface area contributed by atoms with Gasteiger partial charge in [-0.1, -0.05) is 42.5 Å². The number of hydrogen-bond donors (Lipinski definition) is 1. The first-order chi connectivity index (χ1) is 7.66. The summed E-state index contributed by atoms with van der Waals surface area (Å²) in [4.78, 5) is 0. The van der Waals surface area contributed by atoms with Crippen molar-refractivity contribution in [3.63, 3.8) is 0 Å². The number of halogens is 2. The molecule has 0 aliphatic heterocycles. The average molecular weight is 278 g/mol. The summed E-state index contributed by atoms with van der Waals surface area (Å²) < 4.78 is 1.58. The zero-order valence-electron chi connectivity index (χ0n) is 9.43. The van der Waals surface area contributed by atoms with Gasteiger partial charge in [-0.05, 0) is 37.4 Å². The van der Waals surface area contributed by atoms with Crippen LogP contribution in [0.25, 0.3) is 0 Å². The lowest BCUT2D eigenvalue weighted by Gasteiger charge is -2.26. The molecule has 1 aromatic rings. The molecule has 0 radical (unpaired) electrons. The van der Waals surface area contributed by atoms with Crippen molar-refractivity contribution >= 4 is 34.5 Å². The highest BCUT2D eigenvalue weighted by Crippen LogP contribution is 2.35. The molecule has 1 nitrogen and oxygen atoms in total. The number of thiophene rings is 1. The minimum absolute atomic E-state index is 0.302. The Hall–Kier alpha value is 0.240. The topological polar surface area (TPSA) is 12.0 Å². The molecular formula is C12H17Cl2NS. The van der Waals surface area contributed by atoms with Crippen LogP contribution in [-0.2, 0) is 0 Å². The van der Waals surface area contributed by atoms with E-state index in [1.807, 2.05) is 6.07 Å². The minimum atomic E-state index is 0.302. The fourth-order valence-electron chi connectivity index (χ4n) is 2.04. The first kappa shape index (κ1) is 12.7. The van der Waals surface area contributed by atoms with Crippen LogP contribution in [0.15, 0.2) is 6.07 Å². The first-order valence-corrected chi connectivity index (χ1v) is 7.42. The Kier molecular flexibility index (Phi) is 4.54. The number of rotatable bonds is 5. The molecule has 0 bridgehead atoms. The summed E-state index contributed by atoms with van der Waals surface area (Å²) in [6.45, 7) is 3.22. The summed E-state index contributed by atoms with van der Waals surface area (Å²) in [6.07, 6.45) is 5.55. The van der Waals surface area contributed by atoms with Crippen LogP contribution in [0, 0.1) is 5.92 Å². The standard InChI is InChI=1S/C12H17Cl2NS/c1-8(10-7-11(13)16-12(10)14)15-6-5-9-3-2-4-9/h7-9,15H,2-6H2,1H3. The molecule has 1 aromatic heterocycles. The van der Waals surface area contributed by atoms with E-state index in [0.29, 0.717) is 6.04 Å². The predicted octanol–water partition coefficient (Wildman–Crippen LogP) is 4.90. The maximum atomic E-state index is 6.11. The van der Waals surface area contributed by atoms with Crippen LogP contribution < -0.4 is 5.32 Å². The van der Waals surface area contributed by atoms with Crippen LogP contribution in [0.3, 0.4) is 0 Å². The molecule has 0 aromatic carbocycles. The third-order valence-electron chi connectivity index (χ3n) is 3.38. The quantitative estimate of drug-likeness (QED) is 0.808. The molecule has 0 saturated heterocycles. The molecule has 1 aliphatic carbocycles. The van der Waals surface area contributed by atoms with Gasteiger partial charge in [0.2, 0.25) is 0 Å². The van der Waals surface area contributed by atoms with E-state index in [2.05, 4.69) is 12.2 Å². The van der Waals surface area contributed by atoms with E-state index in [0.717, 1.165) is 26.7 Å². The van der Waals surface area contributed by atoms with Gasteiger partial charge < -0.3 is 5.32 Å². The zero-order valence-corrected chi connectivity index (χ0v) is 11.8. The molecule has 2 rings (SSSR count). The Balaban J connectivity index is 1.78. The van der Waals surface area contributed by atoms with Gasteiger partial charge >= 0.3 is 0 Å². The summed E-state index contributed by atoms with van der Waals surface area (Å²) in [7, 11) is 0. The fourth-order valence-corrected chi connectivity index (χ4v) is 3.69. The van der Waals surface area contributed by atoms with Crippen molar-refractivity contribution < 1.29 is 0 Å². The summed E-state index contributed by atoms with van der Waals surface area (Å²) in [5, 5.41) is 3.52. The van der Waals surface area contributed by atoms with Crippen LogP contribution in [-0.4, -0.2) is 6.54 Å². The Bertz CT molecular complexity index is 347. The van der Waals surface area contributed by atoms with Crippen LogP contribution >= 0.6 is 34.5 Å². The molecule has 0 amide bonds. The maximum absolute atomic E-state index is 6.11. The van der Waals surface area contributed by atoms with E-state index in [1.54, 1.807) is 0 Å². The summed E-state index contributed by atoms with van der Waals surface area (Å²) >= 11 is 13.5. The predicted molar refractivity (Wildman–Crippen MR) is 72.7 cm³/mol. The highest BCUT2D eigenvalue weighted by Gasteiger charge is 2.18. The van der Waals surface area contributed by atoms with Gasteiger partial charge in [-0.15, -0.1) is 11.3 Å². The Morgan fingerprint density at radius 1 is 1.50 bits per heavy atom. The van der Waals surface area contributed by atoms with Crippen molar-refractivity contribution in [3.8, 4) is 0 Å². The molecule has 1 aliphatic rings. The first-order valence-electron chi connectivity index (χ1n) is 5.85. The van der Waals surface area contributed by atoms with Crippen molar-refractivity contribution in [2.45, 2.75) is 38.6 Å². The smallest absolute Gasteiger partial charge is 0.0991 e. The molecule has 16 heavy (non-hydrogen) atoms. The van der Waals surface area contributed by atoms with Crippen LogP contribution in [0.1, 0.15) is 44.2 Å². The zero-order chi connectivity index (χ0) is 11.5. The lowest BCUT2D eigenvalue weighted by atomic mass is 9.83. The van der Waals surface area contributed by atoms with Gasteiger partial charge in [-0.2, -0.15) is 0 Å². The van der Waals surface area contributed by atoms with Gasteiger partial charge in [0.1, 0.15) is 0 Å². The molecule has 1 saturated carbocycles. The van der Waals surface area contributed by atoms with Crippen LogP contribution in [0.5, 0.6) is 0 Å². The molecule has 1 heterocycles. The van der Waals surface area contributed by atoms with Gasteiger partial charge in [-0.3, -0.25) is 0 Å². The van der Waals surface area contributed by atoms with Crippen molar-refractivity contribution in [2.75, 3.05) is 6.54 Å². The molecule has 0 spiro atoms. The lowest BCUT2D eigenvalue weighted by molar-refractivity contribution is 0.288. The second kappa shape index (κ2) is 5.72. The van der Waals surface area contributed by atoms with Gasteiger partial charge in [0.25, 0.3) is 0 Å². The van der Waals surface area contributed by atoms with E-state index >= 15 is 0 Å². The molecule has 4 heteroatoms. The Labute approximate surface area is 111 Å². The Morgan fingerprint density at radius 3 is 2.75 bits per heavy atom. The van der Waals surface area contributed by atoms with Crippen molar-refractivity contribution in [3.05, 3.63) is 20.3 Å². The molecule has 1 N–H and O–H groups in total. The highest BCUT2D eigenvalue weighted by atomic mass is 35.5. The van der Waals surface area contributed by atoms with Gasteiger partial charge in [-0.25, -0.2) is 0 Å². The van der Waals surface area contributed by atoms with Gasteiger partial charge in [0.15, 0.2) is 0 Å². The summed E-state index contributed by atoms with van der Waals surface area (Å²) in [5.41, 5.74) is 1.13. The van der Waals surface area contributed by atoms with Crippen molar-refractivity contribution in [1.29, 1.82) is 0 Å². The SMILES string of the molecule is CC(NCCC1CCC1)c1cc(Cl)sc1Cl. The third-order valence-corrected chi connectivity index (χ3v) is 4.90. The van der Waals surface area contributed by atoms with Crippen molar-refractivity contribution in [1.82, 2.24) is 5.32 Å². The van der Waals surface area contributed by atoms with Gasteiger partial charge in [0, 0.05) is 6.04 Å². The van der Waals surface area contributed by atoms with Gasteiger partial charge in [0.05, 0.1) is 8.67 Å². The normalized spacial score (nSPS) is 18.4. The van der Waals surface area contributed by atoms with E-state index < -0.39 is 0 Å². The average Bonchev–Trinajstić information content (AvgIpc) is 2.49. The van der Waals surface area contributed by atoms with Crippen molar-refractivity contribution in [2.24, 2.45) is 5.92 Å². The molecule has 1 unspecified atom stereocenters. The maximum Gasteiger partial charge on any atom is 0.0991 e. The fraction of sp³-hybridized carbons (Fsp3) is 0.667. The number of nitrogens with one attached hydrogen (secondary N) is 1. The van der Waals surface area contributed by atoms with E-state index in [1.165, 1.54) is 37.0 Å². The monoisotopic (exact) mass is 277 g/mol. The summed E-state index contributed by atoms with van der Waals surface area (Å²) in [6, 6.07) is 2.27. The van der Waals surface area contributed by atoms with E-state index in [4.69, 9.17) is 23.2 Å². The number of hydrogen-bond acceptors (Lipinski definition) is 2. The molecule has 1 fully saturated rings. The molecule has 1 atom stereocenters. The van der Waals surface area contributed by atoms with Crippen LogP contribution in [0.2, 0.25) is 8.67 Å². The second-order valence-electron chi connectivity index (χ2n) is 4.54. The molecular weight excluding hydrogens is 261 g/mol. The summed E-state index contributed by atoms with van der Waals surface area (Å²) in [5.74, 6) is 0.959. The van der Waals surface area contributed by atoms with E-state index in [-0.39, 0.29) is 0 Å². The second-order valence-corrected chi connectivity index (χ2v) is 6.83. The third kappa shape index (κ3) is 3.13. The Morgan fingerprint density at radius 2 is 2.25 bits per heavy atom. The minimum Gasteiger partial charge on any atom is -0.310 e. The largest absolute Gasteiger partial charge is 0.310 e.